The van der Waals surface area contributed by atoms with Gasteiger partial charge in [0.15, 0.2) is 0 Å². The number of carbonyl (C=O) groups excluding carboxylic acids is 1. The Labute approximate surface area is 176 Å². The molecule has 8 heteroatoms. The summed E-state index contributed by atoms with van der Waals surface area (Å²) in [7, 11) is 0. The first-order chi connectivity index (χ1) is 14.5. The number of amides is 1. The summed E-state index contributed by atoms with van der Waals surface area (Å²) in [6.45, 7) is 4.62. The van der Waals surface area contributed by atoms with Gasteiger partial charge in [0.2, 0.25) is 5.91 Å². The fourth-order valence-corrected chi connectivity index (χ4v) is 4.72. The quantitative estimate of drug-likeness (QED) is 0.547. The van der Waals surface area contributed by atoms with E-state index in [4.69, 9.17) is 4.74 Å². The number of nitriles is 1. The van der Waals surface area contributed by atoms with Crippen LogP contribution in [0.5, 0.6) is 5.75 Å². The minimum absolute atomic E-state index is 0.0713. The molecule has 1 N–H and O–H groups in total. The number of pyridine rings is 1. The zero-order chi connectivity index (χ0) is 20.8. The lowest BCUT2D eigenvalue weighted by molar-refractivity contribution is -0.119. The third-order valence-electron chi connectivity index (χ3n) is 5.48. The van der Waals surface area contributed by atoms with Crippen molar-refractivity contribution in [3.05, 3.63) is 47.2 Å². The minimum Gasteiger partial charge on any atom is -0.489 e. The summed E-state index contributed by atoms with van der Waals surface area (Å²) in [5.41, 5.74) is 3.98. The molecule has 1 fully saturated rings. The largest absolute Gasteiger partial charge is 0.489 e. The Bertz CT molecular complexity index is 1330. The van der Waals surface area contributed by atoms with Crippen LogP contribution in [0.4, 0.5) is 0 Å². The number of imidazole rings is 1. The molecule has 1 aliphatic rings. The maximum atomic E-state index is 11.6. The molecule has 30 heavy (non-hydrogen) atoms. The van der Waals surface area contributed by atoms with Gasteiger partial charge >= 0.3 is 0 Å². The van der Waals surface area contributed by atoms with Gasteiger partial charge in [-0.15, -0.1) is 11.3 Å². The van der Waals surface area contributed by atoms with Crippen LogP contribution in [-0.2, 0) is 4.79 Å². The fourth-order valence-electron chi connectivity index (χ4n) is 3.86. The van der Waals surface area contributed by atoms with Gasteiger partial charge in [0.1, 0.15) is 23.6 Å². The van der Waals surface area contributed by atoms with Crippen LogP contribution in [0.2, 0.25) is 0 Å². The number of benzene rings is 1. The Morgan fingerprint density at radius 2 is 2.27 bits per heavy atom. The number of hydrogen-bond acceptors (Lipinski definition) is 6. The minimum atomic E-state index is -0.114. The summed E-state index contributed by atoms with van der Waals surface area (Å²) in [6.07, 6.45) is 3.95. The van der Waals surface area contributed by atoms with Crippen LogP contribution in [0.1, 0.15) is 23.9 Å². The molecule has 0 radical (unpaired) electrons. The van der Waals surface area contributed by atoms with Gasteiger partial charge in [-0.05, 0) is 38.1 Å². The van der Waals surface area contributed by atoms with E-state index >= 15 is 0 Å². The van der Waals surface area contributed by atoms with E-state index in [0.29, 0.717) is 18.5 Å². The summed E-state index contributed by atoms with van der Waals surface area (Å²) >= 11 is 1.60. The normalized spacial score (nSPS) is 17.2. The van der Waals surface area contributed by atoms with Crippen molar-refractivity contribution in [3.63, 3.8) is 0 Å². The van der Waals surface area contributed by atoms with Gasteiger partial charge in [0.25, 0.3) is 0 Å². The molecule has 0 saturated carbocycles. The van der Waals surface area contributed by atoms with E-state index in [1.54, 1.807) is 29.8 Å². The van der Waals surface area contributed by atoms with E-state index in [-0.39, 0.29) is 17.9 Å². The van der Waals surface area contributed by atoms with E-state index in [1.165, 1.54) is 0 Å². The molecular weight excluding hydrogens is 398 g/mol. The highest BCUT2D eigenvalue weighted by Gasteiger charge is 2.28. The Hall–Kier alpha value is -3.44. The molecule has 1 saturated heterocycles. The molecule has 1 aliphatic heterocycles. The van der Waals surface area contributed by atoms with Crippen molar-refractivity contribution < 1.29 is 9.53 Å². The Balaban J connectivity index is 1.60. The maximum Gasteiger partial charge on any atom is 0.220 e. The first-order valence-electron chi connectivity index (χ1n) is 9.74. The first kappa shape index (κ1) is 18.6. The molecule has 2 unspecified atom stereocenters. The third kappa shape index (κ3) is 3.17. The number of aryl methyl sites for hydroxylation is 1. The van der Waals surface area contributed by atoms with Crippen molar-refractivity contribution in [3.8, 4) is 23.1 Å². The van der Waals surface area contributed by atoms with Crippen LogP contribution in [0.15, 0.2) is 36.7 Å². The molecule has 5 rings (SSSR count). The second kappa shape index (κ2) is 7.11. The van der Waals surface area contributed by atoms with Crippen LogP contribution in [0, 0.1) is 24.2 Å². The molecule has 1 amide bonds. The predicted octanol–water partition coefficient (Wildman–Crippen LogP) is 3.69. The first-order valence-corrected chi connectivity index (χ1v) is 10.6. The number of aromatic nitrogens is 3. The highest BCUT2D eigenvalue weighted by molar-refractivity contribution is 7.18. The number of nitrogens with one attached hydrogen (secondary N) is 1. The van der Waals surface area contributed by atoms with Crippen LogP contribution in [0.3, 0.4) is 0 Å². The van der Waals surface area contributed by atoms with Crippen molar-refractivity contribution in [2.75, 3.05) is 6.54 Å². The van der Waals surface area contributed by atoms with E-state index in [1.807, 2.05) is 36.4 Å². The number of hydrogen-bond donors (Lipinski definition) is 1. The Morgan fingerprint density at radius 3 is 3.03 bits per heavy atom. The number of rotatable bonds is 4. The zero-order valence-corrected chi connectivity index (χ0v) is 17.4. The molecule has 1 aromatic carbocycles. The van der Waals surface area contributed by atoms with Gasteiger partial charge in [-0.2, -0.15) is 5.26 Å². The van der Waals surface area contributed by atoms with Crippen molar-refractivity contribution in [1.29, 1.82) is 5.26 Å². The molecule has 4 aromatic rings. The summed E-state index contributed by atoms with van der Waals surface area (Å²) < 4.78 is 9.27. The Morgan fingerprint density at radius 1 is 1.40 bits per heavy atom. The van der Waals surface area contributed by atoms with Crippen molar-refractivity contribution in [2.45, 2.75) is 26.4 Å². The van der Waals surface area contributed by atoms with Gasteiger partial charge < -0.3 is 10.1 Å². The summed E-state index contributed by atoms with van der Waals surface area (Å²) in [6, 6.07) is 9.79. The molecule has 0 spiro atoms. The van der Waals surface area contributed by atoms with Crippen molar-refractivity contribution in [1.82, 2.24) is 19.7 Å². The standard InChI is InChI=1S/C22H19N5O2S/c1-12(16-7-21(28)25-9-16)29-19-6-15(5-17-22(19)30-13(2)26-17)18-10-24-20-4-3-14(8-23)11-27(18)20/h3-6,10-12,16H,7,9H2,1-2H3,(H,25,28). The van der Waals surface area contributed by atoms with Crippen LogP contribution in [0.25, 0.3) is 27.1 Å². The second-order valence-corrected chi connectivity index (χ2v) is 8.75. The molecule has 2 atom stereocenters. The fraction of sp³-hybridized carbons (Fsp3) is 0.273. The third-order valence-corrected chi connectivity index (χ3v) is 6.48. The monoisotopic (exact) mass is 417 g/mol. The number of thiazole rings is 1. The lowest BCUT2D eigenvalue weighted by Gasteiger charge is -2.20. The summed E-state index contributed by atoms with van der Waals surface area (Å²) in [5.74, 6) is 0.965. The van der Waals surface area contributed by atoms with E-state index in [9.17, 15) is 10.1 Å². The molecule has 0 bridgehead atoms. The average molecular weight is 417 g/mol. The van der Waals surface area contributed by atoms with Gasteiger partial charge in [0, 0.05) is 30.6 Å². The van der Waals surface area contributed by atoms with E-state index in [2.05, 4.69) is 21.4 Å². The molecule has 3 aromatic heterocycles. The average Bonchev–Trinajstić information content (AvgIpc) is 3.44. The van der Waals surface area contributed by atoms with Crippen molar-refractivity contribution >= 4 is 33.1 Å². The van der Waals surface area contributed by atoms with Gasteiger partial charge in [0.05, 0.1) is 32.7 Å². The number of fused-ring (bicyclic) bond motifs is 2. The van der Waals surface area contributed by atoms with Crippen LogP contribution in [-0.4, -0.2) is 32.9 Å². The summed E-state index contributed by atoms with van der Waals surface area (Å²) in [4.78, 5) is 20.7. The van der Waals surface area contributed by atoms with Crippen LogP contribution >= 0.6 is 11.3 Å². The molecule has 4 heterocycles. The zero-order valence-electron chi connectivity index (χ0n) is 16.5. The molecule has 7 nitrogen and oxygen atoms in total. The maximum absolute atomic E-state index is 11.6. The summed E-state index contributed by atoms with van der Waals surface area (Å²) in [5, 5.41) is 13.1. The lowest BCUT2D eigenvalue weighted by Crippen LogP contribution is -2.25. The second-order valence-electron chi connectivity index (χ2n) is 7.55. The number of nitrogens with zero attached hydrogens (tertiary/aromatic N) is 4. The highest BCUT2D eigenvalue weighted by atomic mass is 32.1. The Kier molecular flexibility index (Phi) is 4.40. The topological polar surface area (TPSA) is 92.3 Å². The van der Waals surface area contributed by atoms with Crippen molar-refractivity contribution in [2.24, 2.45) is 5.92 Å². The van der Waals surface area contributed by atoms with E-state index < -0.39 is 0 Å². The number of ether oxygens (including phenoxy) is 1. The lowest BCUT2D eigenvalue weighted by atomic mass is 10.0. The van der Waals surface area contributed by atoms with Crippen LogP contribution < -0.4 is 10.1 Å². The van der Waals surface area contributed by atoms with Gasteiger partial charge in [-0.25, -0.2) is 9.97 Å². The molecular formula is C22H19N5O2S. The van der Waals surface area contributed by atoms with E-state index in [0.717, 1.165) is 37.9 Å². The highest BCUT2D eigenvalue weighted by Crippen LogP contribution is 2.37. The van der Waals surface area contributed by atoms with Gasteiger partial charge in [-0.3, -0.25) is 9.20 Å². The smallest absolute Gasteiger partial charge is 0.220 e. The predicted molar refractivity (Wildman–Crippen MR) is 114 cm³/mol. The van der Waals surface area contributed by atoms with Gasteiger partial charge in [-0.1, -0.05) is 0 Å². The SMILES string of the molecule is Cc1nc2cc(-c3cnc4ccc(C#N)cn34)cc(OC(C)C3CNC(=O)C3)c2s1. The molecule has 0 aliphatic carbocycles. The number of carbonyl (C=O) groups is 1. The molecule has 150 valence electrons.